The van der Waals surface area contributed by atoms with Crippen LogP contribution in [0.4, 0.5) is 0 Å². The Balaban J connectivity index is 0.905. The molecule has 0 unspecified atom stereocenters. The van der Waals surface area contributed by atoms with Crippen LogP contribution in [0.15, 0.2) is 271 Å². The number of furan rings is 1. The molecule has 0 atom stereocenters. The quantitative estimate of drug-likeness (QED) is 0.145. The second-order valence-electron chi connectivity index (χ2n) is 18.1. The van der Waals surface area contributed by atoms with E-state index in [0.717, 1.165) is 99.9 Å². The van der Waals surface area contributed by atoms with Crippen molar-refractivity contribution in [3.63, 3.8) is 0 Å². The van der Waals surface area contributed by atoms with Crippen LogP contribution in [0.1, 0.15) is 0 Å². The van der Waals surface area contributed by atoms with Crippen molar-refractivity contribution in [2.45, 2.75) is 0 Å². The van der Waals surface area contributed by atoms with Gasteiger partial charge in [0.2, 0.25) is 0 Å². The fourth-order valence-electron chi connectivity index (χ4n) is 10.1. The van der Waals surface area contributed by atoms with Gasteiger partial charge in [-0.05, 0) is 132 Å². The molecule has 3 nitrogen and oxygen atoms in total. The summed E-state index contributed by atoms with van der Waals surface area (Å²) in [5.74, 6) is 0.661. The lowest BCUT2D eigenvalue weighted by Gasteiger charge is -2.14. The van der Waals surface area contributed by atoms with Crippen LogP contribution in [0.5, 0.6) is 0 Å². The predicted octanol–water partition coefficient (Wildman–Crippen LogP) is 18.5. The van der Waals surface area contributed by atoms with Crippen molar-refractivity contribution in [2.24, 2.45) is 0 Å². The molecule has 2 heterocycles. The van der Waals surface area contributed by atoms with Crippen LogP contribution in [0.25, 0.3) is 133 Å². The Bertz CT molecular complexity index is 4050. The molecule has 0 aliphatic carbocycles. The second kappa shape index (κ2) is 17.9. The standard InChI is InChI=1S/C68H44N2O/c1-5-16-45(17-6-1)47-28-30-48(31-29-47)56-39-57(41-58(40-56)54-25-15-24-53(38-54)46-18-7-2-8-19-46)49-32-34-52(35-33-49)68-69-63(51-22-11-4-12-23-51)44-64(70-68)55-36-37-65-62(42-55)67-60-27-14-13-26-59(60)61(43-66(67)71-65)50-20-9-3-10-21-50/h1-44H. The van der Waals surface area contributed by atoms with Gasteiger partial charge in [-0.2, -0.15) is 0 Å². The monoisotopic (exact) mass is 904 g/mol. The van der Waals surface area contributed by atoms with Crippen molar-refractivity contribution >= 4 is 32.7 Å². The van der Waals surface area contributed by atoms with Crippen LogP contribution in [-0.4, -0.2) is 9.97 Å². The molecule has 0 aliphatic heterocycles. The zero-order chi connectivity index (χ0) is 47.1. The van der Waals surface area contributed by atoms with Gasteiger partial charge in [-0.3, -0.25) is 0 Å². The topological polar surface area (TPSA) is 38.9 Å². The van der Waals surface area contributed by atoms with Crippen molar-refractivity contribution in [3.8, 4) is 101 Å². The molecule has 0 spiro atoms. The number of hydrogen-bond acceptors (Lipinski definition) is 3. The van der Waals surface area contributed by atoms with Crippen molar-refractivity contribution in [3.05, 3.63) is 267 Å². The molecule has 13 aromatic rings. The van der Waals surface area contributed by atoms with Gasteiger partial charge < -0.3 is 4.42 Å². The van der Waals surface area contributed by atoms with E-state index in [9.17, 15) is 0 Å². The summed E-state index contributed by atoms with van der Waals surface area (Å²) in [6.07, 6.45) is 0. The van der Waals surface area contributed by atoms with E-state index in [1.54, 1.807) is 0 Å². The highest BCUT2D eigenvalue weighted by Crippen LogP contribution is 2.42. The zero-order valence-corrected chi connectivity index (χ0v) is 38.7. The first-order valence-electron chi connectivity index (χ1n) is 24.1. The van der Waals surface area contributed by atoms with Crippen molar-refractivity contribution in [1.29, 1.82) is 0 Å². The molecule has 0 saturated heterocycles. The number of fused-ring (bicyclic) bond motifs is 5. The van der Waals surface area contributed by atoms with Gasteiger partial charge in [0.1, 0.15) is 11.2 Å². The van der Waals surface area contributed by atoms with Crippen LogP contribution in [0.3, 0.4) is 0 Å². The third kappa shape index (κ3) is 8.06. The fourth-order valence-corrected chi connectivity index (χ4v) is 10.1. The van der Waals surface area contributed by atoms with Crippen molar-refractivity contribution in [2.75, 3.05) is 0 Å². The Kier molecular flexibility index (Phi) is 10.5. The van der Waals surface area contributed by atoms with Gasteiger partial charge in [-0.15, -0.1) is 0 Å². The molecule has 332 valence electrons. The van der Waals surface area contributed by atoms with Gasteiger partial charge >= 0.3 is 0 Å². The Morgan fingerprint density at radius 2 is 0.634 bits per heavy atom. The fraction of sp³-hybridized carbons (Fsp3) is 0. The summed E-state index contributed by atoms with van der Waals surface area (Å²) in [7, 11) is 0. The number of aromatic nitrogens is 2. The minimum atomic E-state index is 0.661. The molecule has 0 fully saturated rings. The molecule has 0 amide bonds. The van der Waals surface area contributed by atoms with E-state index in [0.29, 0.717) is 5.82 Å². The molecule has 3 heteroatoms. The lowest BCUT2D eigenvalue weighted by molar-refractivity contribution is 0.669. The predicted molar refractivity (Wildman–Crippen MR) is 296 cm³/mol. The minimum absolute atomic E-state index is 0.661. The lowest BCUT2D eigenvalue weighted by atomic mass is 9.91. The summed E-state index contributed by atoms with van der Waals surface area (Å²) >= 11 is 0. The molecular formula is C68H44N2O. The average molecular weight is 905 g/mol. The van der Waals surface area contributed by atoms with E-state index in [4.69, 9.17) is 14.4 Å². The first-order chi connectivity index (χ1) is 35.1. The SMILES string of the molecule is c1ccc(-c2ccc(-c3cc(-c4ccc(-c5nc(-c6ccccc6)cc(-c6ccc7oc8cc(-c9ccccc9)c9ccccc9c8c7c6)n5)cc4)cc(-c4cccc(-c5ccccc5)c4)c3)cc2)cc1. The molecular weight excluding hydrogens is 861 g/mol. The molecule has 0 saturated carbocycles. The van der Waals surface area contributed by atoms with Crippen molar-refractivity contribution in [1.82, 2.24) is 9.97 Å². The molecule has 0 bridgehead atoms. The first-order valence-corrected chi connectivity index (χ1v) is 24.1. The summed E-state index contributed by atoms with van der Waals surface area (Å²) < 4.78 is 6.62. The second-order valence-corrected chi connectivity index (χ2v) is 18.1. The molecule has 13 rings (SSSR count). The molecule has 0 N–H and O–H groups in total. The van der Waals surface area contributed by atoms with Crippen molar-refractivity contribution < 1.29 is 4.42 Å². The van der Waals surface area contributed by atoms with Crippen LogP contribution >= 0.6 is 0 Å². The highest BCUT2D eigenvalue weighted by molar-refractivity contribution is 6.22. The lowest BCUT2D eigenvalue weighted by Crippen LogP contribution is -1.96. The highest BCUT2D eigenvalue weighted by atomic mass is 16.3. The van der Waals surface area contributed by atoms with Gasteiger partial charge in [0.15, 0.2) is 5.82 Å². The summed E-state index contributed by atoms with van der Waals surface area (Å²) in [5, 5.41) is 4.51. The zero-order valence-electron chi connectivity index (χ0n) is 38.7. The van der Waals surface area contributed by atoms with E-state index in [1.165, 1.54) is 27.6 Å². The summed E-state index contributed by atoms with van der Waals surface area (Å²) in [4.78, 5) is 10.5. The van der Waals surface area contributed by atoms with E-state index in [1.807, 2.05) is 6.07 Å². The average Bonchev–Trinajstić information content (AvgIpc) is 3.84. The Morgan fingerprint density at radius 3 is 1.24 bits per heavy atom. The molecule has 11 aromatic carbocycles. The first kappa shape index (κ1) is 41.7. The number of benzene rings is 11. The maximum atomic E-state index is 6.62. The molecule has 0 radical (unpaired) electrons. The minimum Gasteiger partial charge on any atom is -0.456 e. The smallest absolute Gasteiger partial charge is 0.160 e. The summed E-state index contributed by atoms with van der Waals surface area (Å²) in [5.41, 5.74) is 20.3. The third-order valence-electron chi connectivity index (χ3n) is 13.7. The maximum Gasteiger partial charge on any atom is 0.160 e. The van der Waals surface area contributed by atoms with Gasteiger partial charge in [0.05, 0.1) is 11.4 Å². The summed E-state index contributed by atoms with van der Waals surface area (Å²) in [6.45, 7) is 0. The van der Waals surface area contributed by atoms with Gasteiger partial charge in [-0.25, -0.2) is 9.97 Å². The van der Waals surface area contributed by atoms with Gasteiger partial charge in [0, 0.05) is 27.5 Å². The normalized spacial score (nSPS) is 11.4. The van der Waals surface area contributed by atoms with Gasteiger partial charge in [-0.1, -0.05) is 212 Å². The highest BCUT2D eigenvalue weighted by Gasteiger charge is 2.18. The number of nitrogens with zero attached hydrogens (tertiary/aromatic N) is 2. The van der Waals surface area contributed by atoms with Crippen LogP contribution in [0, 0.1) is 0 Å². The third-order valence-corrected chi connectivity index (χ3v) is 13.7. The Hall–Kier alpha value is -9.44. The van der Waals surface area contributed by atoms with Gasteiger partial charge in [0.25, 0.3) is 0 Å². The molecule has 71 heavy (non-hydrogen) atoms. The van der Waals surface area contributed by atoms with E-state index in [2.05, 4.69) is 261 Å². The maximum absolute atomic E-state index is 6.62. The van der Waals surface area contributed by atoms with E-state index in [-0.39, 0.29) is 0 Å². The van der Waals surface area contributed by atoms with E-state index < -0.39 is 0 Å². The molecule has 2 aromatic heterocycles. The molecule has 0 aliphatic rings. The van der Waals surface area contributed by atoms with E-state index >= 15 is 0 Å². The Labute approximate surface area is 412 Å². The van der Waals surface area contributed by atoms with Crippen LogP contribution < -0.4 is 0 Å². The van der Waals surface area contributed by atoms with Crippen LogP contribution in [0.2, 0.25) is 0 Å². The van der Waals surface area contributed by atoms with Crippen LogP contribution in [-0.2, 0) is 0 Å². The summed E-state index contributed by atoms with van der Waals surface area (Å²) in [6, 6.07) is 94.8. The Morgan fingerprint density at radius 1 is 0.225 bits per heavy atom. The number of hydrogen-bond donors (Lipinski definition) is 0. The number of rotatable bonds is 9. The largest absolute Gasteiger partial charge is 0.456 e.